The third-order valence-electron chi connectivity index (χ3n) is 2.73. The zero-order valence-corrected chi connectivity index (χ0v) is 8.34. The number of aliphatic hydroxyl groups excluding tert-OH is 1. The predicted molar refractivity (Wildman–Crippen MR) is 54.6 cm³/mol. The summed E-state index contributed by atoms with van der Waals surface area (Å²) < 4.78 is 0. The van der Waals surface area contributed by atoms with Crippen molar-refractivity contribution in [3.63, 3.8) is 0 Å². The molecule has 78 valence electrons. The Balaban J connectivity index is 2.00. The van der Waals surface area contributed by atoms with Crippen LogP contribution in [0, 0.1) is 0 Å². The molecule has 3 nitrogen and oxygen atoms in total. The standard InChI is InChI=1S/C10H22N2O/c11-9-4-3-5-10(8-9)12-6-1-2-7-13/h9-10,12-13H,1-8,11H2. The van der Waals surface area contributed by atoms with Crippen molar-refractivity contribution < 1.29 is 5.11 Å². The molecule has 0 aromatic heterocycles. The molecule has 0 heterocycles. The van der Waals surface area contributed by atoms with Crippen molar-refractivity contribution >= 4 is 0 Å². The molecule has 0 aliphatic heterocycles. The van der Waals surface area contributed by atoms with Crippen LogP contribution in [0.5, 0.6) is 0 Å². The maximum Gasteiger partial charge on any atom is 0.0431 e. The minimum absolute atomic E-state index is 0.311. The normalized spacial score (nSPS) is 29.1. The van der Waals surface area contributed by atoms with Crippen molar-refractivity contribution in [2.45, 2.75) is 50.6 Å². The lowest BCUT2D eigenvalue weighted by Crippen LogP contribution is -2.39. The minimum atomic E-state index is 0.311. The molecular weight excluding hydrogens is 164 g/mol. The van der Waals surface area contributed by atoms with Gasteiger partial charge in [-0.25, -0.2) is 0 Å². The fraction of sp³-hybridized carbons (Fsp3) is 1.00. The number of aliphatic hydroxyl groups is 1. The van der Waals surface area contributed by atoms with Crippen molar-refractivity contribution in [1.29, 1.82) is 0 Å². The van der Waals surface area contributed by atoms with Gasteiger partial charge in [0.2, 0.25) is 0 Å². The Labute approximate surface area is 80.7 Å². The molecule has 1 aliphatic carbocycles. The molecule has 0 aromatic rings. The van der Waals surface area contributed by atoms with Gasteiger partial charge in [-0.05, 0) is 38.6 Å². The highest BCUT2D eigenvalue weighted by Gasteiger charge is 2.17. The Morgan fingerprint density at radius 3 is 2.85 bits per heavy atom. The van der Waals surface area contributed by atoms with Gasteiger partial charge in [0.15, 0.2) is 0 Å². The lowest BCUT2D eigenvalue weighted by Gasteiger charge is -2.27. The first-order valence-electron chi connectivity index (χ1n) is 5.42. The summed E-state index contributed by atoms with van der Waals surface area (Å²) in [5.74, 6) is 0. The largest absolute Gasteiger partial charge is 0.396 e. The second-order valence-corrected chi connectivity index (χ2v) is 4.01. The van der Waals surface area contributed by atoms with E-state index in [1.54, 1.807) is 0 Å². The van der Waals surface area contributed by atoms with Crippen LogP contribution >= 0.6 is 0 Å². The quantitative estimate of drug-likeness (QED) is 0.552. The number of hydrogen-bond donors (Lipinski definition) is 3. The molecule has 1 fully saturated rings. The van der Waals surface area contributed by atoms with Gasteiger partial charge in [-0.3, -0.25) is 0 Å². The number of nitrogens with two attached hydrogens (primary N) is 1. The van der Waals surface area contributed by atoms with Crippen LogP contribution in [0.4, 0.5) is 0 Å². The van der Waals surface area contributed by atoms with E-state index in [0.717, 1.165) is 25.8 Å². The molecule has 1 saturated carbocycles. The number of nitrogens with one attached hydrogen (secondary N) is 1. The van der Waals surface area contributed by atoms with Gasteiger partial charge in [0, 0.05) is 18.7 Å². The fourth-order valence-corrected chi connectivity index (χ4v) is 1.96. The summed E-state index contributed by atoms with van der Waals surface area (Å²) in [6.45, 7) is 1.34. The summed E-state index contributed by atoms with van der Waals surface area (Å²) in [4.78, 5) is 0. The third-order valence-corrected chi connectivity index (χ3v) is 2.73. The van der Waals surface area contributed by atoms with Crippen LogP contribution in [0.15, 0.2) is 0 Å². The molecule has 2 unspecified atom stereocenters. The van der Waals surface area contributed by atoms with E-state index in [9.17, 15) is 0 Å². The molecule has 0 spiro atoms. The van der Waals surface area contributed by atoms with E-state index in [4.69, 9.17) is 10.8 Å². The lowest BCUT2D eigenvalue weighted by molar-refractivity contribution is 0.278. The summed E-state index contributed by atoms with van der Waals surface area (Å²) in [6.07, 6.45) is 6.83. The molecule has 2 atom stereocenters. The zero-order valence-electron chi connectivity index (χ0n) is 8.34. The first-order chi connectivity index (χ1) is 6.33. The Morgan fingerprint density at radius 2 is 2.15 bits per heavy atom. The molecule has 0 saturated heterocycles. The van der Waals surface area contributed by atoms with Gasteiger partial charge in [0.05, 0.1) is 0 Å². The van der Waals surface area contributed by atoms with Gasteiger partial charge in [-0.2, -0.15) is 0 Å². The molecule has 4 N–H and O–H groups in total. The van der Waals surface area contributed by atoms with Gasteiger partial charge < -0.3 is 16.2 Å². The van der Waals surface area contributed by atoms with Gasteiger partial charge in [0.1, 0.15) is 0 Å². The number of hydrogen-bond acceptors (Lipinski definition) is 3. The average Bonchev–Trinajstić information content (AvgIpc) is 2.13. The van der Waals surface area contributed by atoms with Crippen molar-refractivity contribution in [3.8, 4) is 0 Å². The molecule has 0 aromatic carbocycles. The van der Waals surface area contributed by atoms with E-state index in [0.29, 0.717) is 18.7 Å². The molecular formula is C10H22N2O. The number of rotatable bonds is 5. The van der Waals surface area contributed by atoms with E-state index >= 15 is 0 Å². The second-order valence-electron chi connectivity index (χ2n) is 4.01. The molecule has 1 aliphatic rings. The van der Waals surface area contributed by atoms with Gasteiger partial charge >= 0.3 is 0 Å². The summed E-state index contributed by atoms with van der Waals surface area (Å²) in [6, 6.07) is 1.03. The van der Waals surface area contributed by atoms with Crippen LogP contribution < -0.4 is 11.1 Å². The lowest BCUT2D eigenvalue weighted by atomic mass is 9.91. The maximum atomic E-state index is 8.60. The number of unbranched alkanes of at least 4 members (excludes halogenated alkanes) is 1. The molecule has 0 radical (unpaired) electrons. The third kappa shape index (κ3) is 4.60. The van der Waals surface area contributed by atoms with Crippen LogP contribution in [0.2, 0.25) is 0 Å². The molecule has 1 rings (SSSR count). The maximum absolute atomic E-state index is 8.60. The Hall–Kier alpha value is -0.120. The van der Waals surface area contributed by atoms with Crippen LogP contribution in [0.25, 0.3) is 0 Å². The monoisotopic (exact) mass is 186 g/mol. The first kappa shape index (κ1) is 11.0. The van der Waals surface area contributed by atoms with E-state index in [-0.39, 0.29) is 0 Å². The first-order valence-corrected chi connectivity index (χ1v) is 5.42. The minimum Gasteiger partial charge on any atom is -0.396 e. The topological polar surface area (TPSA) is 58.3 Å². The smallest absolute Gasteiger partial charge is 0.0431 e. The van der Waals surface area contributed by atoms with E-state index < -0.39 is 0 Å². The van der Waals surface area contributed by atoms with E-state index in [1.807, 2.05) is 0 Å². The van der Waals surface area contributed by atoms with Crippen molar-refractivity contribution in [1.82, 2.24) is 5.32 Å². The molecule has 13 heavy (non-hydrogen) atoms. The Kier molecular flexibility index (Phi) is 5.35. The summed E-state index contributed by atoms with van der Waals surface area (Å²) in [7, 11) is 0. The molecule has 0 bridgehead atoms. The van der Waals surface area contributed by atoms with Gasteiger partial charge in [-0.1, -0.05) is 6.42 Å². The van der Waals surface area contributed by atoms with E-state index in [2.05, 4.69) is 5.32 Å². The van der Waals surface area contributed by atoms with Crippen LogP contribution in [0.1, 0.15) is 38.5 Å². The van der Waals surface area contributed by atoms with Crippen LogP contribution in [-0.4, -0.2) is 30.3 Å². The molecule has 0 amide bonds. The Bertz CT molecular complexity index is 130. The highest BCUT2D eigenvalue weighted by molar-refractivity contribution is 4.79. The second kappa shape index (κ2) is 6.35. The highest BCUT2D eigenvalue weighted by atomic mass is 16.2. The molecule has 3 heteroatoms. The van der Waals surface area contributed by atoms with Crippen molar-refractivity contribution in [2.24, 2.45) is 5.73 Å². The van der Waals surface area contributed by atoms with E-state index in [1.165, 1.54) is 19.3 Å². The van der Waals surface area contributed by atoms with Gasteiger partial charge in [0.25, 0.3) is 0 Å². The Morgan fingerprint density at radius 1 is 1.31 bits per heavy atom. The highest BCUT2D eigenvalue weighted by Crippen LogP contribution is 2.16. The van der Waals surface area contributed by atoms with Gasteiger partial charge in [-0.15, -0.1) is 0 Å². The van der Waals surface area contributed by atoms with Crippen molar-refractivity contribution in [3.05, 3.63) is 0 Å². The van der Waals surface area contributed by atoms with Crippen molar-refractivity contribution in [2.75, 3.05) is 13.2 Å². The zero-order chi connectivity index (χ0) is 9.52. The predicted octanol–water partition coefficient (Wildman–Crippen LogP) is 0.618. The SMILES string of the molecule is NC1CCCC(NCCCCO)C1. The average molecular weight is 186 g/mol. The fourth-order valence-electron chi connectivity index (χ4n) is 1.96. The summed E-state index contributed by atoms with van der Waals surface area (Å²) in [5.41, 5.74) is 5.88. The van der Waals surface area contributed by atoms with Crippen LogP contribution in [-0.2, 0) is 0 Å². The van der Waals surface area contributed by atoms with Crippen LogP contribution in [0.3, 0.4) is 0 Å². The summed E-state index contributed by atoms with van der Waals surface area (Å²) in [5, 5.41) is 12.1. The summed E-state index contributed by atoms with van der Waals surface area (Å²) >= 11 is 0.